The topological polar surface area (TPSA) is 170 Å². The van der Waals surface area contributed by atoms with E-state index in [1.165, 1.54) is 28.3 Å². The zero-order chi connectivity index (χ0) is 24.4. The van der Waals surface area contributed by atoms with Crippen LogP contribution in [0.2, 0.25) is 0 Å². The van der Waals surface area contributed by atoms with Crippen LogP contribution in [0.3, 0.4) is 0 Å². The molecular weight excluding hydrogens is 426 g/mol. The highest BCUT2D eigenvalue weighted by molar-refractivity contribution is 7.10. The zero-order valence-electron chi connectivity index (χ0n) is 19.1. The molecule has 0 aliphatic carbocycles. The smallest absolute Gasteiger partial charge is 0.335 e. The van der Waals surface area contributed by atoms with E-state index in [-0.39, 0.29) is 16.4 Å². The third-order valence-corrected chi connectivity index (χ3v) is 5.24. The summed E-state index contributed by atoms with van der Waals surface area (Å²) < 4.78 is 5.68. The number of hydrogen-bond donors (Lipinski definition) is 4. The van der Waals surface area contributed by atoms with Gasteiger partial charge in [0.05, 0.1) is 28.3 Å². The van der Waals surface area contributed by atoms with Crippen molar-refractivity contribution in [2.75, 3.05) is 17.2 Å². The van der Waals surface area contributed by atoms with Gasteiger partial charge in [0.2, 0.25) is 0 Å². The number of aromatic carboxylic acids is 1. The highest BCUT2D eigenvalue weighted by Gasteiger charge is 2.25. The molecule has 32 heavy (non-hydrogen) atoms. The molecule has 0 bridgehead atoms. The van der Waals surface area contributed by atoms with Gasteiger partial charge in [-0.25, -0.2) is 9.48 Å². The molecule has 3 rings (SSSR count). The SMILES string of the molecule is CC(C)(C)c1nn(-c2ccc(C(=O)O)cc2)c(N)c1N.CC(C)(C)c1nsc(N)c1C#N. The number of anilines is 3. The van der Waals surface area contributed by atoms with E-state index < -0.39 is 5.97 Å². The van der Waals surface area contributed by atoms with Crippen molar-refractivity contribution in [3.05, 3.63) is 46.8 Å². The molecule has 2 heterocycles. The largest absolute Gasteiger partial charge is 0.478 e. The number of nitrogen functional groups attached to an aromatic ring is 3. The summed E-state index contributed by atoms with van der Waals surface area (Å²) in [6.07, 6.45) is 0. The monoisotopic (exact) mass is 455 g/mol. The summed E-state index contributed by atoms with van der Waals surface area (Å²) >= 11 is 1.19. The number of nitrogens with two attached hydrogens (primary N) is 3. The number of carboxylic acids is 1. The molecule has 2 aromatic heterocycles. The highest BCUT2D eigenvalue weighted by Crippen LogP contribution is 2.32. The fourth-order valence-corrected chi connectivity index (χ4v) is 3.65. The Morgan fingerprint density at radius 1 is 1.03 bits per heavy atom. The third kappa shape index (κ3) is 5.18. The Hall–Kier alpha value is -3.58. The van der Waals surface area contributed by atoms with Crippen molar-refractivity contribution in [3.8, 4) is 11.8 Å². The van der Waals surface area contributed by atoms with Crippen LogP contribution >= 0.6 is 11.5 Å². The molecule has 3 aromatic rings. The molecule has 0 aliphatic rings. The van der Waals surface area contributed by atoms with E-state index in [4.69, 9.17) is 27.6 Å². The fourth-order valence-electron chi connectivity index (χ4n) is 2.86. The van der Waals surface area contributed by atoms with E-state index in [0.29, 0.717) is 27.8 Å². The lowest BCUT2D eigenvalue weighted by atomic mass is 9.90. The maximum atomic E-state index is 10.8. The van der Waals surface area contributed by atoms with E-state index in [1.54, 1.807) is 12.1 Å². The lowest BCUT2D eigenvalue weighted by Crippen LogP contribution is -2.14. The van der Waals surface area contributed by atoms with Crippen LogP contribution in [-0.4, -0.2) is 25.2 Å². The molecule has 10 heteroatoms. The zero-order valence-corrected chi connectivity index (χ0v) is 19.9. The second-order valence-corrected chi connectivity index (χ2v) is 10.1. The molecule has 0 saturated heterocycles. The number of carboxylic acid groups (broad SMARTS) is 1. The van der Waals surface area contributed by atoms with E-state index in [9.17, 15) is 4.79 Å². The number of rotatable bonds is 2. The molecule has 0 spiro atoms. The number of nitrogens with zero attached hydrogens (tertiary/aromatic N) is 4. The lowest BCUT2D eigenvalue weighted by molar-refractivity contribution is 0.0697. The first kappa shape index (κ1) is 24.7. The van der Waals surface area contributed by atoms with Gasteiger partial charge in [-0.2, -0.15) is 14.7 Å². The van der Waals surface area contributed by atoms with Crippen molar-refractivity contribution >= 4 is 34.0 Å². The van der Waals surface area contributed by atoms with Gasteiger partial charge in [0.1, 0.15) is 16.6 Å². The van der Waals surface area contributed by atoms with Gasteiger partial charge in [0, 0.05) is 10.8 Å². The Balaban J connectivity index is 0.000000258. The van der Waals surface area contributed by atoms with Gasteiger partial charge >= 0.3 is 5.97 Å². The fraction of sp³-hybridized carbons (Fsp3) is 0.364. The molecule has 0 amide bonds. The molecule has 0 radical (unpaired) electrons. The number of benzene rings is 1. The Labute approximate surface area is 191 Å². The molecule has 0 atom stereocenters. The Morgan fingerprint density at radius 3 is 1.94 bits per heavy atom. The molecular formula is C22H29N7O2S. The summed E-state index contributed by atoms with van der Waals surface area (Å²) in [6.45, 7) is 12.1. The van der Waals surface area contributed by atoms with Crippen LogP contribution in [0.15, 0.2) is 24.3 Å². The van der Waals surface area contributed by atoms with Gasteiger partial charge < -0.3 is 22.3 Å². The van der Waals surface area contributed by atoms with Crippen molar-refractivity contribution in [3.63, 3.8) is 0 Å². The number of nitriles is 1. The Kier molecular flexibility index (Phi) is 6.85. The second kappa shape index (κ2) is 8.88. The maximum Gasteiger partial charge on any atom is 0.335 e. The molecule has 7 N–H and O–H groups in total. The predicted octanol–water partition coefficient (Wildman–Crippen LogP) is 3.93. The molecule has 170 valence electrons. The van der Waals surface area contributed by atoms with Crippen molar-refractivity contribution in [1.82, 2.24) is 14.2 Å². The number of hydrogen-bond acceptors (Lipinski definition) is 8. The predicted molar refractivity (Wildman–Crippen MR) is 128 cm³/mol. The Bertz CT molecular complexity index is 1160. The van der Waals surface area contributed by atoms with E-state index in [0.717, 1.165) is 11.4 Å². The van der Waals surface area contributed by atoms with E-state index in [1.807, 2.05) is 41.5 Å². The minimum absolute atomic E-state index is 0.0980. The molecule has 9 nitrogen and oxygen atoms in total. The summed E-state index contributed by atoms with van der Waals surface area (Å²) in [5, 5.41) is 22.6. The molecule has 0 saturated carbocycles. The molecule has 0 fully saturated rings. The first-order valence-electron chi connectivity index (χ1n) is 9.82. The summed E-state index contributed by atoms with van der Waals surface area (Å²) in [5.74, 6) is -0.613. The van der Waals surface area contributed by atoms with Crippen LogP contribution in [0.25, 0.3) is 5.69 Å². The molecule has 0 unspecified atom stereocenters. The quantitative estimate of drug-likeness (QED) is 0.450. The molecule has 1 aromatic carbocycles. The van der Waals surface area contributed by atoms with Crippen molar-refractivity contribution in [2.45, 2.75) is 52.4 Å². The van der Waals surface area contributed by atoms with Crippen molar-refractivity contribution in [1.29, 1.82) is 5.26 Å². The number of aromatic nitrogens is 3. The van der Waals surface area contributed by atoms with Gasteiger partial charge in [0.25, 0.3) is 0 Å². The van der Waals surface area contributed by atoms with Crippen LogP contribution < -0.4 is 17.2 Å². The first-order chi connectivity index (χ1) is 14.7. The van der Waals surface area contributed by atoms with Crippen LogP contribution in [0.5, 0.6) is 0 Å². The van der Waals surface area contributed by atoms with Gasteiger partial charge in [-0.1, -0.05) is 41.5 Å². The summed E-state index contributed by atoms with van der Waals surface area (Å²) in [6, 6.07) is 8.39. The summed E-state index contributed by atoms with van der Waals surface area (Å²) in [4.78, 5) is 10.8. The van der Waals surface area contributed by atoms with Gasteiger partial charge in [0.15, 0.2) is 5.82 Å². The van der Waals surface area contributed by atoms with Crippen LogP contribution in [0.4, 0.5) is 16.5 Å². The normalized spacial score (nSPS) is 11.4. The first-order valence-corrected chi connectivity index (χ1v) is 10.6. The number of carbonyl (C=O) groups is 1. The minimum Gasteiger partial charge on any atom is -0.478 e. The molecule has 0 aliphatic heterocycles. The third-order valence-electron chi connectivity index (χ3n) is 4.57. The Morgan fingerprint density at radius 2 is 1.56 bits per heavy atom. The van der Waals surface area contributed by atoms with Gasteiger partial charge in [-0.15, -0.1) is 0 Å². The van der Waals surface area contributed by atoms with Gasteiger partial charge in [-0.3, -0.25) is 0 Å². The van der Waals surface area contributed by atoms with Crippen molar-refractivity contribution in [2.24, 2.45) is 0 Å². The second-order valence-electron chi connectivity index (χ2n) is 9.29. The average molecular weight is 456 g/mol. The van der Waals surface area contributed by atoms with Crippen molar-refractivity contribution < 1.29 is 9.90 Å². The van der Waals surface area contributed by atoms with Crippen LogP contribution in [0, 0.1) is 11.3 Å². The van der Waals surface area contributed by atoms with E-state index in [2.05, 4.69) is 15.5 Å². The lowest BCUT2D eigenvalue weighted by Gasteiger charge is -2.15. The summed E-state index contributed by atoms with van der Waals surface area (Å²) in [5.41, 5.74) is 20.7. The standard InChI is InChI=1S/C14H18N4O2.C8H11N3S/c1-14(2,3)11-10(15)12(16)18(17-11)9-6-4-8(5-7-9)13(19)20;1-8(2,3)6-5(4-9)7(10)12-11-6/h4-7H,15-16H2,1-3H3,(H,19,20);10H2,1-3H3. The van der Waals surface area contributed by atoms with E-state index >= 15 is 0 Å². The van der Waals surface area contributed by atoms with Crippen LogP contribution in [-0.2, 0) is 10.8 Å². The highest BCUT2D eigenvalue weighted by atomic mass is 32.1. The van der Waals surface area contributed by atoms with Crippen LogP contribution in [0.1, 0.15) is 68.9 Å². The average Bonchev–Trinajstić information content (AvgIpc) is 3.22. The minimum atomic E-state index is -0.972. The maximum absolute atomic E-state index is 10.8. The summed E-state index contributed by atoms with van der Waals surface area (Å²) in [7, 11) is 0. The van der Waals surface area contributed by atoms with Gasteiger partial charge in [-0.05, 0) is 35.8 Å².